The molecule has 4 aromatic rings. The fourth-order valence-corrected chi connectivity index (χ4v) is 5.76. The number of sulfonamides is 1. The van der Waals surface area contributed by atoms with Gasteiger partial charge in [0.2, 0.25) is 10.0 Å². The Hall–Kier alpha value is -5.03. The van der Waals surface area contributed by atoms with E-state index >= 15 is 0 Å². The number of nitrogens with zero attached hydrogens (tertiary/aromatic N) is 3. The van der Waals surface area contributed by atoms with Gasteiger partial charge in [0.25, 0.3) is 0 Å². The molecule has 0 spiro atoms. The van der Waals surface area contributed by atoms with Crippen molar-refractivity contribution in [3.63, 3.8) is 0 Å². The largest absolute Gasteiger partial charge is 0.493 e. The van der Waals surface area contributed by atoms with Gasteiger partial charge in [-0.3, -0.25) is 4.72 Å². The Balaban J connectivity index is 1.35. The summed E-state index contributed by atoms with van der Waals surface area (Å²) in [5.41, 5.74) is 5.23. The van der Waals surface area contributed by atoms with Crippen LogP contribution in [0.2, 0.25) is 0 Å². The monoisotopic (exact) mass is 622 g/mol. The van der Waals surface area contributed by atoms with Gasteiger partial charge in [0.1, 0.15) is 17.2 Å². The molecule has 4 aromatic carbocycles. The van der Waals surface area contributed by atoms with E-state index in [0.717, 1.165) is 41.7 Å². The van der Waals surface area contributed by atoms with Gasteiger partial charge in [-0.1, -0.05) is 30.3 Å². The summed E-state index contributed by atoms with van der Waals surface area (Å²) in [5.74, 6) is 2.03. The Kier molecular flexibility index (Phi) is 9.89. The Morgan fingerprint density at radius 3 is 2.18 bits per heavy atom. The average molecular weight is 623 g/mol. The van der Waals surface area contributed by atoms with Gasteiger partial charge in [-0.2, -0.15) is 10.5 Å². The molecule has 0 radical (unpaired) electrons. The summed E-state index contributed by atoms with van der Waals surface area (Å²) < 4.78 is 44.1. The smallest absolute Gasteiger partial charge is 0.229 e. The molecule has 0 amide bonds. The second-order valence-electron chi connectivity index (χ2n) is 11.1. The highest BCUT2D eigenvalue weighted by atomic mass is 32.2. The van der Waals surface area contributed by atoms with Gasteiger partial charge in [0.05, 0.1) is 48.4 Å². The second-order valence-corrected chi connectivity index (χ2v) is 12.8. The first-order valence-electron chi connectivity index (χ1n) is 14.5. The van der Waals surface area contributed by atoms with E-state index in [-0.39, 0.29) is 0 Å². The average Bonchev–Trinajstić information content (AvgIpc) is 3.55. The van der Waals surface area contributed by atoms with E-state index in [0.29, 0.717) is 66.3 Å². The van der Waals surface area contributed by atoms with Crippen molar-refractivity contribution in [1.82, 2.24) is 0 Å². The van der Waals surface area contributed by atoms with E-state index < -0.39 is 10.0 Å². The minimum atomic E-state index is -3.46. The number of ether oxygens (including phenoxy) is 3. The van der Waals surface area contributed by atoms with Gasteiger partial charge in [0, 0.05) is 37.4 Å². The fourth-order valence-electron chi connectivity index (χ4n) is 5.13. The van der Waals surface area contributed by atoms with Gasteiger partial charge < -0.3 is 19.1 Å². The van der Waals surface area contributed by atoms with Crippen LogP contribution in [-0.4, -0.2) is 34.5 Å². The predicted octanol–water partition coefficient (Wildman–Crippen LogP) is 6.52. The molecule has 1 fully saturated rings. The molecule has 10 heteroatoms. The van der Waals surface area contributed by atoms with E-state index in [4.69, 9.17) is 14.2 Å². The number of anilines is 2. The Bertz CT molecular complexity index is 1820. The minimum absolute atomic E-state index is 0.339. The number of nitrogens with one attached hydrogen (secondary N) is 1. The van der Waals surface area contributed by atoms with Crippen molar-refractivity contribution in [3.8, 4) is 29.4 Å². The zero-order valence-corrected chi connectivity index (χ0v) is 26.0. The first-order chi connectivity index (χ1) is 21.7. The van der Waals surface area contributed by atoms with Crippen molar-refractivity contribution < 1.29 is 22.6 Å². The quantitative estimate of drug-likeness (QED) is 0.189. The van der Waals surface area contributed by atoms with Crippen LogP contribution in [0.15, 0.2) is 84.9 Å². The molecule has 230 valence electrons. The summed E-state index contributed by atoms with van der Waals surface area (Å²) in [4.78, 5) is 2.16. The van der Waals surface area contributed by atoms with E-state index in [1.54, 1.807) is 36.4 Å². The third-order valence-electron chi connectivity index (χ3n) is 7.45. The Morgan fingerprint density at radius 1 is 0.889 bits per heavy atom. The maximum Gasteiger partial charge on any atom is 0.229 e. The summed E-state index contributed by atoms with van der Waals surface area (Å²) >= 11 is 0. The normalized spacial score (nSPS) is 14.3. The highest BCUT2D eigenvalue weighted by molar-refractivity contribution is 7.92. The van der Waals surface area contributed by atoms with Crippen molar-refractivity contribution in [2.45, 2.75) is 26.4 Å². The zero-order chi connectivity index (χ0) is 31.8. The van der Waals surface area contributed by atoms with Gasteiger partial charge in [0.15, 0.2) is 0 Å². The SMILES string of the molecule is Cc1c(NS(C)(=O)=O)cccc1N(Cc1ccc(C#N)cc1)Cc1ccc(Oc2cc(C#N)cc(OCC3CCOC3)c2)cc1. The summed E-state index contributed by atoms with van der Waals surface area (Å²) in [6.45, 7) is 4.90. The van der Waals surface area contributed by atoms with Crippen LogP contribution in [0.4, 0.5) is 11.4 Å². The highest BCUT2D eigenvalue weighted by Gasteiger charge is 2.18. The van der Waals surface area contributed by atoms with Gasteiger partial charge >= 0.3 is 0 Å². The lowest BCUT2D eigenvalue weighted by molar-refractivity contribution is 0.167. The van der Waals surface area contributed by atoms with Crippen molar-refractivity contribution >= 4 is 21.4 Å². The van der Waals surface area contributed by atoms with E-state index in [2.05, 4.69) is 21.8 Å². The van der Waals surface area contributed by atoms with Gasteiger partial charge in [-0.25, -0.2) is 8.42 Å². The molecule has 1 saturated heterocycles. The fraction of sp³-hybridized carbons (Fsp3) is 0.257. The third-order valence-corrected chi connectivity index (χ3v) is 8.04. The summed E-state index contributed by atoms with van der Waals surface area (Å²) in [7, 11) is -3.46. The summed E-state index contributed by atoms with van der Waals surface area (Å²) in [5, 5.41) is 18.7. The van der Waals surface area contributed by atoms with Crippen LogP contribution in [-0.2, 0) is 27.8 Å². The van der Waals surface area contributed by atoms with E-state index in [9.17, 15) is 18.9 Å². The van der Waals surface area contributed by atoms with E-state index in [1.165, 1.54) is 0 Å². The molecule has 1 aliphatic heterocycles. The molecule has 45 heavy (non-hydrogen) atoms. The van der Waals surface area contributed by atoms with Crippen molar-refractivity contribution in [2.24, 2.45) is 5.92 Å². The van der Waals surface area contributed by atoms with Crippen LogP contribution < -0.4 is 19.1 Å². The summed E-state index contributed by atoms with van der Waals surface area (Å²) in [6.07, 6.45) is 2.09. The van der Waals surface area contributed by atoms with Crippen LogP contribution >= 0.6 is 0 Å². The molecule has 0 bridgehead atoms. The van der Waals surface area contributed by atoms with Crippen LogP contribution in [0.3, 0.4) is 0 Å². The van der Waals surface area contributed by atoms with Gasteiger partial charge in [-0.15, -0.1) is 0 Å². The number of hydrogen-bond acceptors (Lipinski definition) is 8. The first kappa shape index (κ1) is 31.4. The number of benzene rings is 4. The number of rotatable bonds is 12. The van der Waals surface area contributed by atoms with Gasteiger partial charge in [-0.05, 0) is 78.6 Å². The molecule has 9 nitrogen and oxygen atoms in total. The van der Waals surface area contributed by atoms with Crippen molar-refractivity contribution in [1.29, 1.82) is 10.5 Å². The Morgan fingerprint density at radius 2 is 1.56 bits per heavy atom. The standard InChI is InChI=1S/C35H34N4O5S/c1-25-34(38-45(2,40)41)4-3-5-35(25)39(21-27-8-6-26(19-36)7-9-27)22-28-10-12-31(13-11-28)44-33-17-30(20-37)16-32(18-33)43-24-29-14-15-42-23-29/h3-13,16-18,29,38H,14-15,21-24H2,1-2H3. The maximum absolute atomic E-state index is 12.0. The minimum Gasteiger partial charge on any atom is -0.493 e. The Labute approximate surface area is 264 Å². The lowest BCUT2D eigenvalue weighted by Crippen LogP contribution is -2.23. The highest BCUT2D eigenvalue weighted by Crippen LogP contribution is 2.32. The van der Waals surface area contributed by atoms with Crippen molar-refractivity contribution in [3.05, 3.63) is 113 Å². The molecule has 1 atom stereocenters. The molecule has 0 aliphatic carbocycles. The lowest BCUT2D eigenvalue weighted by atomic mass is 10.1. The maximum atomic E-state index is 12.0. The number of hydrogen-bond donors (Lipinski definition) is 1. The molecule has 1 aliphatic rings. The van der Waals surface area contributed by atoms with E-state index in [1.807, 2.05) is 55.5 Å². The molecule has 5 rings (SSSR count). The van der Waals surface area contributed by atoms with Crippen LogP contribution in [0, 0.1) is 35.5 Å². The van der Waals surface area contributed by atoms with Crippen LogP contribution in [0.25, 0.3) is 0 Å². The molecule has 0 saturated carbocycles. The molecule has 1 heterocycles. The molecular weight excluding hydrogens is 588 g/mol. The topological polar surface area (TPSA) is 125 Å². The third kappa shape index (κ3) is 8.76. The second kappa shape index (κ2) is 14.2. The lowest BCUT2D eigenvalue weighted by Gasteiger charge is -2.28. The summed E-state index contributed by atoms with van der Waals surface area (Å²) in [6, 6.07) is 30.1. The molecule has 0 aromatic heterocycles. The van der Waals surface area contributed by atoms with Crippen LogP contribution in [0.5, 0.6) is 17.2 Å². The molecule has 1 unspecified atom stereocenters. The zero-order valence-electron chi connectivity index (χ0n) is 25.2. The predicted molar refractivity (Wildman–Crippen MR) is 173 cm³/mol. The van der Waals surface area contributed by atoms with Crippen molar-refractivity contribution in [2.75, 3.05) is 35.7 Å². The molecule has 1 N–H and O–H groups in total. The molecular formula is C35H34N4O5S. The first-order valence-corrected chi connectivity index (χ1v) is 16.4. The van der Waals surface area contributed by atoms with Crippen LogP contribution in [0.1, 0.15) is 34.2 Å². The number of nitriles is 2.